The van der Waals surface area contributed by atoms with Gasteiger partial charge in [0.25, 0.3) is 10.0 Å². The Labute approximate surface area is 243 Å². The topological polar surface area (TPSA) is 96.0 Å². The number of rotatable bonds is 11. The fraction of sp³-hybridized carbons (Fsp3) is 0.286. The smallest absolute Gasteiger partial charge is 0.264 e. The van der Waals surface area contributed by atoms with Crippen LogP contribution in [0.4, 0.5) is 5.69 Å². The van der Waals surface area contributed by atoms with Gasteiger partial charge in [-0.25, -0.2) is 8.42 Å². The molecule has 0 saturated carbocycles. The van der Waals surface area contributed by atoms with E-state index in [-0.39, 0.29) is 29.1 Å². The molecule has 0 aliphatic carbocycles. The van der Waals surface area contributed by atoms with Crippen molar-refractivity contribution in [1.29, 1.82) is 0 Å². The van der Waals surface area contributed by atoms with Crippen LogP contribution in [-0.2, 0) is 26.2 Å². The van der Waals surface area contributed by atoms with Crippen molar-refractivity contribution in [2.75, 3.05) is 18.0 Å². The van der Waals surface area contributed by atoms with E-state index in [1.165, 1.54) is 42.3 Å². The van der Waals surface area contributed by atoms with E-state index < -0.39 is 28.5 Å². The molecule has 0 aliphatic rings. The summed E-state index contributed by atoms with van der Waals surface area (Å²) in [6, 6.07) is 18.5. The first-order valence-corrected chi connectivity index (χ1v) is 14.8. The molecule has 1 N–H and O–H groups in total. The van der Waals surface area contributed by atoms with Crippen molar-refractivity contribution >= 4 is 55.1 Å². The Morgan fingerprint density at radius 2 is 1.64 bits per heavy atom. The zero-order valence-corrected chi connectivity index (χ0v) is 25.3. The van der Waals surface area contributed by atoms with Crippen LogP contribution < -0.4 is 14.4 Å². The number of nitrogens with zero attached hydrogens (tertiary/aromatic N) is 2. The average molecular weight is 637 g/mol. The SMILES string of the molecule is COc1ccc(S(=O)(=O)N(CC(=O)N(Cc2ccc(Br)cc2)[C@H](C)C(=O)NC(C)C)c2cccc(Cl)c2)cc1. The number of halogens is 2. The number of carbonyl (C=O) groups excluding carboxylic acids is 2. The van der Waals surface area contributed by atoms with Crippen LogP contribution in [0.2, 0.25) is 5.02 Å². The van der Waals surface area contributed by atoms with Crippen molar-refractivity contribution in [3.05, 3.63) is 87.9 Å². The Morgan fingerprint density at radius 3 is 2.21 bits per heavy atom. The minimum absolute atomic E-state index is 0.0267. The summed E-state index contributed by atoms with van der Waals surface area (Å²) in [5, 5.41) is 3.14. The molecule has 0 radical (unpaired) electrons. The van der Waals surface area contributed by atoms with Crippen molar-refractivity contribution < 1.29 is 22.7 Å². The van der Waals surface area contributed by atoms with Gasteiger partial charge in [-0.1, -0.05) is 45.7 Å². The summed E-state index contributed by atoms with van der Waals surface area (Å²) >= 11 is 9.59. The van der Waals surface area contributed by atoms with Gasteiger partial charge in [-0.3, -0.25) is 13.9 Å². The Morgan fingerprint density at radius 1 is 1.00 bits per heavy atom. The van der Waals surface area contributed by atoms with Gasteiger partial charge in [-0.05, 0) is 80.9 Å². The van der Waals surface area contributed by atoms with Crippen LogP contribution in [0.3, 0.4) is 0 Å². The van der Waals surface area contributed by atoms with Crippen LogP contribution in [0, 0.1) is 0 Å². The summed E-state index contributed by atoms with van der Waals surface area (Å²) in [6.07, 6.45) is 0. The number of amides is 2. The van der Waals surface area contributed by atoms with E-state index in [0.717, 1.165) is 14.3 Å². The first-order chi connectivity index (χ1) is 18.4. The minimum Gasteiger partial charge on any atom is -0.497 e. The minimum atomic E-state index is -4.20. The molecule has 39 heavy (non-hydrogen) atoms. The lowest BCUT2D eigenvalue weighted by atomic mass is 10.1. The highest BCUT2D eigenvalue weighted by Crippen LogP contribution is 2.28. The summed E-state index contributed by atoms with van der Waals surface area (Å²) in [5.74, 6) is -0.408. The van der Waals surface area contributed by atoms with E-state index in [1.54, 1.807) is 25.1 Å². The van der Waals surface area contributed by atoms with E-state index in [9.17, 15) is 18.0 Å². The molecule has 0 heterocycles. The largest absolute Gasteiger partial charge is 0.497 e. The summed E-state index contributed by atoms with van der Waals surface area (Å²) in [5.41, 5.74) is 0.998. The predicted octanol–water partition coefficient (Wildman–Crippen LogP) is 5.25. The van der Waals surface area contributed by atoms with E-state index in [4.69, 9.17) is 16.3 Å². The average Bonchev–Trinajstić information content (AvgIpc) is 2.90. The van der Waals surface area contributed by atoms with Gasteiger partial charge in [0.05, 0.1) is 17.7 Å². The third kappa shape index (κ3) is 7.97. The fourth-order valence-corrected chi connectivity index (χ4v) is 5.66. The highest BCUT2D eigenvalue weighted by atomic mass is 79.9. The molecule has 11 heteroatoms. The number of hydrogen-bond donors (Lipinski definition) is 1. The highest BCUT2D eigenvalue weighted by molar-refractivity contribution is 9.10. The molecule has 3 aromatic carbocycles. The number of hydrogen-bond acceptors (Lipinski definition) is 5. The Bertz CT molecular complexity index is 1400. The first kappa shape index (κ1) is 30.5. The van der Waals surface area contributed by atoms with Gasteiger partial charge in [0.1, 0.15) is 18.3 Å². The Hall–Kier alpha value is -3.08. The molecule has 8 nitrogen and oxygen atoms in total. The maximum absolute atomic E-state index is 13.9. The van der Waals surface area contributed by atoms with Gasteiger partial charge in [-0.2, -0.15) is 0 Å². The number of benzene rings is 3. The van der Waals surface area contributed by atoms with Gasteiger partial charge in [-0.15, -0.1) is 0 Å². The van der Waals surface area contributed by atoms with Gasteiger partial charge < -0.3 is 15.0 Å². The molecule has 3 rings (SSSR count). The van der Waals surface area contributed by atoms with Crippen molar-refractivity contribution in [2.45, 2.75) is 44.3 Å². The Kier molecular flexibility index (Phi) is 10.4. The number of methoxy groups -OCH3 is 1. The van der Waals surface area contributed by atoms with Crippen molar-refractivity contribution in [1.82, 2.24) is 10.2 Å². The van der Waals surface area contributed by atoms with Crippen LogP contribution in [0.15, 0.2) is 82.2 Å². The molecule has 208 valence electrons. The molecular weight excluding hydrogens is 606 g/mol. The van der Waals surface area contributed by atoms with E-state index >= 15 is 0 Å². The molecule has 0 spiro atoms. The van der Waals surface area contributed by atoms with Crippen molar-refractivity contribution in [3.8, 4) is 5.75 Å². The van der Waals surface area contributed by atoms with Crippen molar-refractivity contribution in [2.24, 2.45) is 0 Å². The summed E-state index contributed by atoms with van der Waals surface area (Å²) < 4.78 is 34.7. The third-order valence-corrected chi connectivity index (χ3v) is 8.44. The van der Waals surface area contributed by atoms with Gasteiger partial charge in [0.2, 0.25) is 11.8 Å². The monoisotopic (exact) mass is 635 g/mol. The number of sulfonamides is 1. The summed E-state index contributed by atoms with van der Waals surface area (Å²) in [7, 11) is -2.72. The Balaban J connectivity index is 2.03. The number of anilines is 1. The normalized spacial score (nSPS) is 12.1. The summed E-state index contributed by atoms with van der Waals surface area (Å²) in [6.45, 7) is 4.83. The second kappa shape index (κ2) is 13.3. The molecule has 3 aromatic rings. The van der Waals surface area contributed by atoms with Gasteiger partial charge in [0, 0.05) is 22.1 Å². The predicted molar refractivity (Wildman–Crippen MR) is 156 cm³/mol. The van der Waals surface area contributed by atoms with E-state index in [0.29, 0.717) is 10.8 Å². The van der Waals surface area contributed by atoms with Gasteiger partial charge >= 0.3 is 0 Å². The molecule has 0 fully saturated rings. The number of nitrogens with one attached hydrogen (secondary N) is 1. The third-order valence-electron chi connectivity index (χ3n) is 5.89. The quantitative estimate of drug-likeness (QED) is 0.310. The molecule has 0 saturated heterocycles. The second-order valence-electron chi connectivity index (χ2n) is 9.15. The van der Waals surface area contributed by atoms with Crippen LogP contribution in [-0.4, -0.2) is 50.9 Å². The maximum atomic E-state index is 13.9. The lowest BCUT2D eigenvalue weighted by Gasteiger charge is -2.32. The zero-order valence-electron chi connectivity index (χ0n) is 22.1. The van der Waals surface area contributed by atoms with E-state index in [1.807, 2.05) is 38.1 Å². The molecule has 0 bridgehead atoms. The maximum Gasteiger partial charge on any atom is 0.264 e. The van der Waals surface area contributed by atoms with Crippen molar-refractivity contribution in [3.63, 3.8) is 0 Å². The van der Waals surface area contributed by atoms with E-state index in [2.05, 4.69) is 21.2 Å². The van der Waals surface area contributed by atoms with Gasteiger partial charge in [0.15, 0.2) is 0 Å². The van der Waals surface area contributed by atoms with Crippen LogP contribution >= 0.6 is 27.5 Å². The highest BCUT2D eigenvalue weighted by Gasteiger charge is 2.32. The molecule has 2 amide bonds. The van der Waals surface area contributed by atoms with Crippen LogP contribution in [0.1, 0.15) is 26.3 Å². The lowest BCUT2D eigenvalue weighted by molar-refractivity contribution is -0.139. The van der Waals surface area contributed by atoms with Crippen LogP contribution in [0.25, 0.3) is 0 Å². The first-order valence-electron chi connectivity index (χ1n) is 12.2. The number of carbonyl (C=O) groups is 2. The lowest BCUT2D eigenvalue weighted by Crippen LogP contribution is -2.52. The fourth-order valence-electron chi connectivity index (χ4n) is 3.81. The molecule has 1 atom stereocenters. The van der Waals surface area contributed by atoms with Crippen LogP contribution in [0.5, 0.6) is 5.75 Å². The zero-order chi connectivity index (χ0) is 28.7. The standard InChI is InChI=1S/C28H31BrClN3O5S/c1-19(2)31-28(35)20(3)32(17-21-8-10-22(29)11-9-21)27(34)18-33(24-7-5-6-23(30)16-24)39(36,37)26-14-12-25(38-4)13-15-26/h5-16,19-20H,17-18H2,1-4H3,(H,31,35)/t20-/m1/s1. The summed E-state index contributed by atoms with van der Waals surface area (Å²) in [4.78, 5) is 28.2. The molecule has 0 aliphatic heterocycles. The molecular formula is C28H31BrClN3O5S. The molecule has 0 aromatic heterocycles. The molecule has 0 unspecified atom stereocenters. The number of ether oxygens (including phenoxy) is 1. The second-order valence-corrected chi connectivity index (χ2v) is 12.4.